The summed E-state index contributed by atoms with van der Waals surface area (Å²) in [6.45, 7) is 6.86. The van der Waals surface area contributed by atoms with Crippen LogP contribution in [0.25, 0.3) is 0 Å². The first kappa shape index (κ1) is 21.1. The number of hydrogen-bond donors (Lipinski definition) is 4. The van der Waals surface area contributed by atoms with E-state index in [4.69, 9.17) is 5.11 Å². The zero-order valence-electron chi connectivity index (χ0n) is 16.1. The number of benzene rings is 2. The van der Waals surface area contributed by atoms with Gasteiger partial charge in [-0.15, -0.1) is 0 Å². The van der Waals surface area contributed by atoms with Crippen molar-refractivity contribution in [1.29, 1.82) is 0 Å². The Bertz CT molecular complexity index is 895. The molecule has 0 saturated carbocycles. The molecule has 0 spiro atoms. The molecule has 0 heterocycles. The van der Waals surface area contributed by atoms with E-state index in [-0.39, 0.29) is 11.4 Å². The predicted molar refractivity (Wildman–Crippen MR) is 104 cm³/mol. The summed E-state index contributed by atoms with van der Waals surface area (Å²) in [6, 6.07) is 7.28. The van der Waals surface area contributed by atoms with Crippen molar-refractivity contribution in [3.05, 3.63) is 53.6 Å². The van der Waals surface area contributed by atoms with Crippen LogP contribution in [0.1, 0.15) is 33.3 Å². The molecule has 6 nitrogen and oxygen atoms in total. The molecule has 0 aliphatic carbocycles. The Morgan fingerprint density at radius 2 is 1.75 bits per heavy atom. The molecule has 8 heteroatoms. The third kappa shape index (κ3) is 5.42. The third-order valence-electron chi connectivity index (χ3n) is 4.01. The van der Waals surface area contributed by atoms with E-state index in [1.54, 1.807) is 6.07 Å². The zero-order valence-corrected chi connectivity index (χ0v) is 16.1. The topological polar surface area (TPSA) is 90.5 Å². The Morgan fingerprint density at radius 3 is 2.32 bits per heavy atom. The molecule has 2 rings (SSSR count). The number of hydrogen-bond acceptors (Lipinski definition) is 3. The number of carboxylic acid groups (broad SMARTS) is 1. The van der Waals surface area contributed by atoms with Gasteiger partial charge in [-0.1, -0.05) is 26.8 Å². The molecule has 2 aromatic carbocycles. The lowest BCUT2D eigenvalue weighted by Gasteiger charge is -2.23. The minimum Gasteiger partial charge on any atom is -0.465 e. The zero-order chi connectivity index (χ0) is 21.1. The maximum atomic E-state index is 14.7. The van der Waals surface area contributed by atoms with Crippen molar-refractivity contribution >= 4 is 29.1 Å². The van der Waals surface area contributed by atoms with Gasteiger partial charge in [0.25, 0.3) is 0 Å². The van der Waals surface area contributed by atoms with Crippen LogP contribution in [0.2, 0.25) is 0 Å². The van der Waals surface area contributed by atoms with Gasteiger partial charge in [-0.25, -0.2) is 13.6 Å². The number of amides is 2. The van der Waals surface area contributed by atoms with E-state index in [9.17, 15) is 18.4 Å². The minimum atomic E-state index is -1.34. The van der Waals surface area contributed by atoms with E-state index in [1.165, 1.54) is 37.3 Å². The number of rotatable bonds is 5. The molecule has 2 amide bonds. The van der Waals surface area contributed by atoms with Crippen molar-refractivity contribution in [3.63, 3.8) is 0 Å². The van der Waals surface area contributed by atoms with Crippen LogP contribution in [0.4, 0.5) is 30.6 Å². The van der Waals surface area contributed by atoms with Crippen LogP contribution in [0, 0.1) is 11.6 Å². The molecule has 1 unspecified atom stereocenters. The molecular weight excluding hydrogens is 368 g/mol. The van der Waals surface area contributed by atoms with Gasteiger partial charge in [-0.2, -0.15) is 0 Å². The fourth-order valence-electron chi connectivity index (χ4n) is 2.57. The second kappa shape index (κ2) is 8.24. The highest BCUT2D eigenvalue weighted by atomic mass is 19.1. The van der Waals surface area contributed by atoms with E-state index in [0.717, 1.165) is 0 Å². The molecule has 2 aromatic rings. The lowest BCUT2D eigenvalue weighted by Crippen LogP contribution is -2.41. The average molecular weight is 391 g/mol. The SMILES string of the molecule is CC(NC(=O)O)C(=O)Nc1cc(C(C)(C)C)c(F)cc1Nc1cccc(F)c1. The fraction of sp³-hybridized carbons (Fsp3) is 0.300. The maximum absolute atomic E-state index is 14.7. The highest BCUT2D eigenvalue weighted by Gasteiger charge is 2.23. The molecular formula is C20H23F2N3O3. The highest BCUT2D eigenvalue weighted by Crippen LogP contribution is 2.34. The first-order valence-corrected chi connectivity index (χ1v) is 8.64. The lowest BCUT2D eigenvalue weighted by molar-refractivity contribution is -0.117. The van der Waals surface area contributed by atoms with Gasteiger partial charge in [-0.05, 0) is 48.2 Å². The monoisotopic (exact) mass is 391 g/mol. The van der Waals surface area contributed by atoms with Crippen molar-refractivity contribution in [2.24, 2.45) is 0 Å². The predicted octanol–water partition coefficient (Wildman–Crippen LogP) is 4.60. The Kier molecular flexibility index (Phi) is 6.23. The van der Waals surface area contributed by atoms with Crippen molar-refractivity contribution < 1.29 is 23.5 Å². The molecule has 4 N–H and O–H groups in total. The molecule has 0 saturated heterocycles. The average Bonchev–Trinajstić information content (AvgIpc) is 2.55. The van der Waals surface area contributed by atoms with Crippen LogP contribution in [0.3, 0.4) is 0 Å². The summed E-state index contributed by atoms with van der Waals surface area (Å²) in [5.74, 6) is -1.57. The van der Waals surface area contributed by atoms with Crippen molar-refractivity contribution in [3.8, 4) is 0 Å². The van der Waals surface area contributed by atoms with Gasteiger partial charge < -0.3 is 21.1 Å². The summed E-state index contributed by atoms with van der Waals surface area (Å²) in [6.07, 6.45) is -1.34. The standard InChI is InChI=1S/C20H23F2N3O3/c1-11(23-19(27)28)18(26)25-16-9-14(20(2,3)4)15(22)10-17(16)24-13-7-5-6-12(21)8-13/h5-11,23-24H,1-4H3,(H,25,26)(H,27,28). The number of anilines is 3. The Hall–Kier alpha value is -3.16. The van der Waals surface area contributed by atoms with Crippen LogP contribution in [-0.2, 0) is 10.2 Å². The summed E-state index contributed by atoms with van der Waals surface area (Å²) in [5.41, 5.74) is 0.666. The van der Waals surface area contributed by atoms with Gasteiger partial charge in [0, 0.05) is 5.69 Å². The van der Waals surface area contributed by atoms with Crippen LogP contribution in [0.15, 0.2) is 36.4 Å². The van der Waals surface area contributed by atoms with E-state index in [2.05, 4.69) is 16.0 Å². The van der Waals surface area contributed by atoms with Gasteiger partial charge in [-0.3, -0.25) is 4.79 Å². The van der Waals surface area contributed by atoms with Gasteiger partial charge >= 0.3 is 6.09 Å². The Balaban J connectivity index is 2.43. The summed E-state index contributed by atoms with van der Waals surface area (Å²) < 4.78 is 28.1. The number of nitrogens with one attached hydrogen (secondary N) is 3. The van der Waals surface area contributed by atoms with Crippen molar-refractivity contribution in [1.82, 2.24) is 5.32 Å². The van der Waals surface area contributed by atoms with Crippen LogP contribution < -0.4 is 16.0 Å². The molecule has 1 atom stereocenters. The van der Waals surface area contributed by atoms with Gasteiger partial charge in [0.15, 0.2) is 0 Å². The van der Waals surface area contributed by atoms with Gasteiger partial charge in [0.2, 0.25) is 5.91 Å². The Labute approximate surface area is 162 Å². The summed E-state index contributed by atoms with van der Waals surface area (Å²) in [5, 5.41) is 16.3. The smallest absolute Gasteiger partial charge is 0.405 e. The minimum absolute atomic E-state index is 0.215. The largest absolute Gasteiger partial charge is 0.465 e. The summed E-state index contributed by atoms with van der Waals surface area (Å²) in [7, 11) is 0. The van der Waals surface area contributed by atoms with Crippen molar-refractivity contribution in [2.75, 3.05) is 10.6 Å². The first-order chi connectivity index (χ1) is 13.0. The van der Waals surface area contributed by atoms with Crippen LogP contribution >= 0.6 is 0 Å². The Morgan fingerprint density at radius 1 is 1.07 bits per heavy atom. The van der Waals surface area contributed by atoms with Crippen LogP contribution in [-0.4, -0.2) is 23.1 Å². The van der Waals surface area contributed by atoms with E-state index in [0.29, 0.717) is 11.3 Å². The molecule has 28 heavy (non-hydrogen) atoms. The molecule has 0 radical (unpaired) electrons. The number of carbonyl (C=O) groups is 2. The van der Waals surface area contributed by atoms with Gasteiger partial charge in [0.1, 0.15) is 17.7 Å². The molecule has 0 aliphatic rings. The van der Waals surface area contributed by atoms with Crippen molar-refractivity contribution in [2.45, 2.75) is 39.2 Å². The molecule has 0 aromatic heterocycles. The number of carbonyl (C=O) groups excluding carboxylic acids is 1. The van der Waals surface area contributed by atoms with E-state index >= 15 is 0 Å². The molecule has 0 aliphatic heterocycles. The summed E-state index contributed by atoms with van der Waals surface area (Å²) >= 11 is 0. The highest BCUT2D eigenvalue weighted by molar-refractivity contribution is 5.99. The molecule has 0 bridgehead atoms. The summed E-state index contributed by atoms with van der Waals surface area (Å²) in [4.78, 5) is 23.1. The van der Waals surface area contributed by atoms with Gasteiger partial charge in [0.05, 0.1) is 11.4 Å². The van der Waals surface area contributed by atoms with E-state index in [1.807, 2.05) is 20.8 Å². The second-order valence-corrected chi connectivity index (χ2v) is 7.42. The third-order valence-corrected chi connectivity index (χ3v) is 4.01. The fourth-order valence-corrected chi connectivity index (χ4v) is 2.57. The maximum Gasteiger partial charge on any atom is 0.405 e. The normalized spacial score (nSPS) is 12.2. The second-order valence-electron chi connectivity index (χ2n) is 7.42. The van der Waals surface area contributed by atoms with E-state index < -0.39 is 35.1 Å². The lowest BCUT2D eigenvalue weighted by atomic mass is 9.86. The van der Waals surface area contributed by atoms with Crippen LogP contribution in [0.5, 0.6) is 0 Å². The molecule has 150 valence electrons. The number of halogens is 2. The quantitative estimate of drug-likeness (QED) is 0.600. The molecule has 0 fully saturated rings. The first-order valence-electron chi connectivity index (χ1n) is 8.64.